The molecule has 10 heteroatoms. The first-order valence-electron chi connectivity index (χ1n) is 12.7. The molecular weight excluding hydrogens is 556 g/mol. The number of aryl methyl sites for hydroxylation is 1. The van der Waals surface area contributed by atoms with Gasteiger partial charge in [-0.2, -0.15) is 5.10 Å². The molecule has 0 fully saturated rings. The number of carbonyl (C=O) groups excluding carboxylic acids is 2. The normalized spacial score (nSPS) is 11.5. The summed E-state index contributed by atoms with van der Waals surface area (Å²) >= 11 is 1.51. The van der Waals surface area contributed by atoms with Crippen molar-refractivity contribution >= 4 is 50.7 Å². The second-order valence-corrected chi connectivity index (χ2v) is 11.9. The van der Waals surface area contributed by atoms with E-state index in [0.29, 0.717) is 28.2 Å². The predicted molar refractivity (Wildman–Crippen MR) is 165 cm³/mol. The summed E-state index contributed by atoms with van der Waals surface area (Å²) in [6.45, 7) is 3.13. The molecule has 4 aromatic rings. The number of carbonyl (C=O) groups is 2. The molecule has 4 rings (SSSR count). The largest absolute Gasteiger partial charge is 0.322 e. The highest BCUT2D eigenvalue weighted by Crippen LogP contribution is 2.26. The lowest BCUT2D eigenvalue weighted by Gasteiger charge is -2.24. The smallest absolute Gasteiger partial charge is 0.264 e. The Labute approximate surface area is 244 Å². The lowest BCUT2D eigenvalue weighted by atomic mass is 10.1. The maximum Gasteiger partial charge on any atom is 0.264 e. The van der Waals surface area contributed by atoms with E-state index in [9.17, 15) is 18.0 Å². The van der Waals surface area contributed by atoms with Crippen LogP contribution in [0.3, 0.4) is 0 Å². The molecule has 2 amide bonds. The third kappa shape index (κ3) is 7.62. The molecule has 0 aliphatic heterocycles. The molecule has 0 saturated heterocycles. The number of sulfonamides is 1. The van der Waals surface area contributed by atoms with Crippen molar-refractivity contribution in [2.24, 2.45) is 5.10 Å². The first-order valence-corrected chi connectivity index (χ1v) is 15.4. The van der Waals surface area contributed by atoms with E-state index in [2.05, 4.69) is 15.8 Å². The number of amides is 2. The van der Waals surface area contributed by atoms with E-state index < -0.39 is 22.5 Å². The number of anilines is 2. The van der Waals surface area contributed by atoms with Crippen LogP contribution in [0.4, 0.5) is 11.4 Å². The molecule has 4 aromatic carbocycles. The van der Waals surface area contributed by atoms with E-state index in [1.165, 1.54) is 23.9 Å². The van der Waals surface area contributed by atoms with Gasteiger partial charge in [-0.05, 0) is 86.3 Å². The molecule has 0 bridgehead atoms. The number of nitrogens with zero attached hydrogens (tertiary/aromatic N) is 2. The summed E-state index contributed by atoms with van der Waals surface area (Å²) in [5.41, 5.74) is 6.05. The molecule has 2 N–H and O–H groups in total. The first-order chi connectivity index (χ1) is 19.7. The Hall–Kier alpha value is -4.41. The fraction of sp³-hybridized carbons (Fsp3) is 0.129. The fourth-order valence-electron chi connectivity index (χ4n) is 3.89. The van der Waals surface area contributed by atoms with Crippen LogP contribution in [-0.4, -0.2) is 38.7 Å². The molecule has 0 heterocycles. The van der Waals surface area contributed by atoms with Gasteiger partial charge in [0.25, 0.3) is 21.8 Å². The number of thioether (sulfide) groups is 1. The molecule has 0 aliphatic rings. The van der Waals surface area contributed by atoms with Crippen molar-refractivity contribution in [3.05, 3.63) is 120 Å². The van der Waals surface area contributed by atoms with Gasteiger partial charge in [-0.25, -0.2) is 13.8 Å². The van der Waals surface area contributed by atoms with Crippen LogP contribution in [0, 0.1) is 6.92 Å². The third-order valence-corrected chi connectivity index (χ3v) is 8.71. The molecule has 8 nitrogen and oxygen atoms in total. The van der Waals surface area contributed by atoms with Crippen molar-refractivity contribution in [3.63, 3.8) is 0 Å². The van der Waals surface area contributed by atoms with Crippen molar-refractivity contribution in [2.45, 2.75) is 23.6 Å². The van der Waals surface area contributed by atoms with E-state index in [1.54, 1.807) is 91.9 Å². The van der Waals surface area contributed by atoms with Crippen molar-refractivity contribution < 1.29 is 18.0 Å². The van der Waals surface area contributed by atoms with Gasteiger partial charge in [0.05, 0.1) is 16.3 Å². The molecule has 0 aromatic heterocycles. The van der Waals surface area contributed by atoms with Crippen molar-refractivity contribution in [1.29, 1.82) is 0 Å². The van der Waals surface area contributed by atoms with E-state index in [-0.39, 0.29) is 10.8 Å². The quantitative estimate of drug-likeness (QED) is 0.141. The predicted octanol–water partition coefficient (Wildman–Crippen LogP) is 5.70. The average molecular weight is 587 g/mol. The summed E-state index contributed by atoms with van der Waals surface area (Å²) in [5.74, 6) is -0.853. The Bertz CT molecular complexity index is 1650. The zero-order valence-electron chi connectivity index (χ0n) is 22.9. The van der Waals surface area contributed by atoms with Gasteiger partial charge in [-0.3, -0.25) is 13.9 Å². The number of hydrazone groups is 1. The highest BCUT2D eigenvalue weighted by atomic mass is 32.2. The van der Waals surface area contributed by atoms with Crippen LogP contribution in [0.2, 0.25) is 0 Å². The minimum Gasteiger partial charge on any atom is -0.322 e. The second-order valence-electron chi connectivity index (χ2n) is 9.16. The fourth-order valence-corrected chi connectivity index (χ4v) is 5.72. The highest BCUT2D eigenvalue weighted by Gasteiger charge is 2.27. The minimum atomic E-state index is -4.04. The SMILES string of the molecule is CSc1ccc(S(=O)(=O)N(CC(=O)N/N=C(/C)c2cccc(NC(=O)c3ccccc3)c2)c2ccc(C)cc2)cc1. The third-order valence-electron chi connectivity index (χ3n) is 6.18. The van der Waals surface area contributed by atoms with Gasteiger partial charge >= 0.3 is 0 Å². The summed E-state index contributed by atoms with van der Waals surface area (Å²) in [4.78, 5) is 26.5. The Balaban J connectivity index is 1.50. The number of benzene rings is 4. The summed E-state index contributed by atoms with van der Waals surface area (Å²) in [7, 11) is -4.04. The molecule has 0 atom stereocenters. The average Bonchev–Trinajstić information content (AvgIpc) is 2.99. The van der Waals surface area contributed by atoms with Gasteiger partial charge in [0.2, 0.25) is 0 Å². The first kappa shape index (κ1) is 29.6. The van der Waals surface area contributed by atoms with E-state index in [4.69, 9.17) is 0 Å². The van der Waals surface area contributed by atoms with Gasteiger partial charge in [-0.15, -0.1) is 11.8 Å². The van der Waals surface area contributed by atoms with Crippen LogP contribution in [-0.2, 0) is 14.8 Å². The lowest BCUT2D eigenvalue weighted by Crippen LogP contribution is -2.39. The van der Waals surface area contributed by atoms with E-state index in [1.807, 2.05) is 19.2 Å². The molecule has 210 valence electrons. The Morgan fingerprint density at radius 3 is 2.17 bits per heavy atom. The standard InChI is InChI=1S/C31H30N4O4S2/c1-22-12-14-27(15-13-22)35(41(38,39)29-18-16-28(40-3)17-19-29)21-30(36)34-33-23(2)25-10-7-11-26(20-25)32-31(37)24-8-5-4-6-9-24/h4-20H,21H2,1-3H3,(H,32,37)(H,34,36)/b33-23-. The topological polar surface area (TPSA) is 108 Å². The maximum atomic E-state index is 13.6. The number of nitrogens with one attached hydrogen (secondary N) is 2. The van der Waals surface area contributed by atoms with E-state index in [0.717, 1.165) is 14.8 Å². The van der Waals surface area contributed by atoms with Gasteiger partial charge in [-0.1, -0.05) is 48.0 Å². The van der Waals surface area contributed by atoms with Crippen molar-refractivity contribution in [2.75, 3.05) is 22.4 Å². The second kappa shape index (κ2) is 13.3. The van der Waals surface area contributed by atoms with Crippen LogP contribution in [0.5, 0.6) is 0 Å². The molecule has 0 aliphatic carbocycles. The maximum absolute atomic E-state index is 13.6. The summed E-state index contributed by atoms with van der Waals surface area (Å²) < 4.78 is 28.3. The molecular formula is C31H30N4O4S2. The lowest BCUT2D eigenvalue weighted by molar-refractivity contribution is -0.119. The van der Waals surface area contributed by atoms with Crippen LogP contribution in [0.25, 0.3) is 0 Å². The number of hydrogen-bond donors (Lipinski definition) is 2. The van der Waals surface area contributed by atoms with Gasteiger partial charge in [0.15, 0.2) is 0 Å². The minimum absolute atomic E-state index is 0.0812. The van der Waals surface area contributed by atoms with Crippen LogP contribution in [0.15, 0.2) is 118 Å². The number of hydrogen-bond acceptors (Lipinski definition) is 6. The van der Waals surface area contributed by atoms with E-state index >= 15 is 0 Å². The molecule has 0 spiro atoms. The van der Waals surface area contributed by atoms with Gasteiger partial charge < -0.3 is 5.32 Å². The van der Waals surface area contributed by atoms with Crippen LogP contribution in [0.1, 0.15) is 28.4 Å². The van der Waals surface area contributed by atoms with Crippen LogP contribution >= 0.6 is 11.8 Å². The highest BCUT2D eigenvalue weighted by molar-refractivity contribution is 7.98. The molecule has 41 heavy (non-hydrogen) atoms. The monoisotopic (exact) mass is 586 g/mol. The molecule has 0 radical (unpaired) electrons. The number of rotatable bonds is 10. The van der Waals surface area contributed by atoms with Crippen molar-refractivity contribution in [3.8, 4) is 0 Å². The van der Waals surface area contributed by atoms with Crippen molar-refractivity contribution in [1.82, 2.24) is 5.43 Å². The van der Waals surface area contributed by atoms with Crippen LogP contribution < -0.4 is 15.0 Å². The summed E-state index contributed by atoms with van der Waals surface area (Å²) in [6, 6.07) is 29.4. The van der Waals surface area contributed by atoms with Gasteiger partial charge in [0, 0.05) is 16.1 Å². The molecule has 0 saturated carbocycles. The zero-order chi connectivity index (χ0) is 29.4. The Morgan fingerprint density at radius 1 is 0.854 bits per heavy atom. The summed E-state index contributed by atoms with van der Waals surface area (Å²) in [6.07, 6.45) is 1.91. The van der Waals surface area contributed by atoms with Gasteiger partial charge in [0.1, 0.15) is 6.54 Å². The Morgan fingerprint density at radius 2 is 1.51 bits per heavy atom. The summed E-state index contributed by atoms with van der Waals surface area (Å²) in [5, 5.41) is 7.04. The molecule has 0 unspecified atom stereocenters. The Kier molecular flexibility index (Phi) is 9.59. The zero-order valence-corrected chi connectivity index (χ0v) is 24.5.